The highest BCUT2D eigenvalue weighted by Gasteiger charge is 2.44. The highest BCUT2D eigenvalue weighted by atomic mass is 19.4. The van der Waals surface area contributed by atoms with Crippen molar-refractivity contribution in [1.82, 2.24) is 0 Å². The summed E-state index contributed by atoms with van der Waals surface area (Å²) in [6, 6.07) is -0.978. The van der Waals surface area contributed by atoms with Gasteiger partial charge in [-0.05, 0) is 18.8 Å². The Kier molecular flexibility index (Phi) is 8.61. The van der Waals surface area contributed by atoms with Crippen LogP contribution in [0.1, 0.15) is 52.9 Å². The van der Waals surface area contributed by atoms with E-state index in [-0.39, 0.29) is 18.9 Å². The van der Waals surface area contributed by atoms with Gasteiger partial charge < -0.3 is 10.5 Å². The van der Waals surface area contributed by atoms with Gasteiger partial charge in [0.1, 0.15) is 0 Å². The summed E-state index contributed by atoms with van der Waals surface area (Å²) in [6.07, 6.45) is -2.12. The maximum atomic E-state index is 12.8. The number of halogens is 3. The van der Waals surface area contributed by atoms with Crippen molar-refractivity contribution >= 4 is 0 Å². The van der Waals surface area contributed by atoms with Crippen LogP contribution in [0.3, 0.4) is 0 Å². The largest absolute Gasteiger partial charge is 0.416 e. The second kappa shape index (κ2) is 8.75. The van der Waals surface area contributed by atoms with Gasteiger partial charge in [0.25, 0.3) is 0 Å². The molecule has 0 saturated carbocycles. The van der Waals surface area contributed by atoms with Gasteiger partial charge in [0.15, 0.2) is 6.10 Å². The van der Waals surface area contributed by atoms with E-state index in [1.807, 2.05) is 6.92 Å². The lowest BCUT2D eigenvalue weighted by Gasteiger charge is -2.27. The third-order valence-electron chi connectivity index (χ3n) is 3.24. The Balaban J connectivity index is 4.32. The first-order valence-corrected chi connectivity index (χ1v) is 6.80. The number of hydrogen-bond acceptors (Lipinski definition) is 2. The summed E-state index contributed by atoms with van der Waals surface area (Å²) in [7, 11) is 0. The van der Waals surface area contributed by atoms with E-state index in [0.29, 0.717) is 0 Å². The van der Waals surface area contributed by atoms with Crippen LogP contribution in [0.5, 0.6) is 0 Å². The van der Waals surface area contributed by atoms with E-state index in [2.05, 4.69) is 6.92 Å². The number of alkyl halides is 3. The summed E-state index contributed by atoms with van der Waals surface area (Å²) in [5, 5.41) is 0. The fourth-order valence-electron chi connectivity index (χ4n) is 1.81. The molecule has 0 bridgehead atoms. The Bertz CT molecular complexity index is 209. The fraction of sp³-hybridized carbons (Fsp3) is 1.00. The minimum absolute atomic E-state index is 0.147. The zero-order chi connectivity index (χ0) is 14.2. The van der Waals surface area contributed by atoms with Crippen LogP contribution in [0, 0.1) is 5.92 Å². The Hall–Kier alpha value is -0.290. The third-order valence-corrected chi connectivity index (χ3v) is 3.24. The monoisotopic (exact) mass is 269 g/mol. The normalized spacial score (nSPS) is 17.5. The molecule has 0 aromatic carbocycles. The molecule has 0 aromatic rings. The molecule has 0 heterocycles. The molecule has 0 fully saturated rings. The van der Waals surface area contributed by atoms with Gasteiger partial charge in [-0.15, -0.1) is 0 Å². The lowest BCUT2D eigenvalue weighted by Crippen LogP contribution is -2.47. The van der Waals surface area contributed by atoms with Crippen molar-refractivity contribution in [2.45, 2.75) is 71.2 Å². The zero-order valence-electron chi connectivity index (χ0n) is 11.6. The smallest absolute Gasteiger partial charge is 0.367 e. The molecule has 0 aliphatic heterocycles. The summed E-state index contributed by atoms with van der Waals surface area (Å²) in [5.41, 5.74) is 5.49. The van der Waals surface area contributed by atoms with E-state index in [1.54, 1.807) is 6.92 Å². The lowest BCUT2D eigenvalue weighted by molar-refractivity contribution is -0.229. The molecule has 0 amide bonds. The summed E-state index contributed by atoms with van der Waals surface area (Å²) in [4.78, 5) is 0. The van der Waals surface area contributed by atoms with Crippen molar-refractivity contribution in [3.8, 4) is 0 Å². The second-order valence-electron chi connectivity index (χ2n) is 4.78. The summed E-state index contributed by atoms with van der Waals surface area (Å²) in [6.45, 7) is 5.83. The van der Waals surface area contributed by atoms with Crippen LogP contribution < -0.4 is 5.73 Å². The average molecular weight is 269 g/mol. The first-order valence-electron chi connectivity index (χ1n) is 6.80. The Labute approximate surface area is 108 Å². The van der Waals surface area contributed by atoms with Crippen molar-refractivity contribution in [2.75, 3.05) is 6.61 Å². The Morgan fingerprint density at radius 1 is 1.11 bits per heavy atom. The maximum absolute atomic E-state index is 12.8. The van der Waals surface area contributed by atoms with Crippen molar-refractivity contribution in [1.29, 1.82) is 0 Å². The van der Waals surface area contributed by atoms with Crippen LogP contribution in [0.2, 0.25) is 0 Å². The first-order chi connectivity index (χ1) is 8.36. The summed E-state index contributed by atoms with van der Waals surface area (Å²) >= 11 is 0. The molecule has 0 saturated heterocycles. The number of hydrogen-bond donors (Lipinski definition) is 1. The van der Waals surface area contributed by atoms with Crippen LogP contribution in [-0.2, 0) is 4.74 Å². The second-order valence-corrected chi connectivity index (χ2v) is 4.78. The Morgan fingerprint density at radius 3 is 2.11 bits per heavy atom. The quantitative estimate of drug-likeness (QED) is 0.689. The van der Waals surface area contributed by atoms with Gasteiger partial charge >= 0.3 is 6.18 Å². The van der Waals surface area contributed by atoms with E-state index < -0.39 is 18.3 Å². The molecular weight excluding hydrogens is 243 g/mol. The number of unbranched alkanes of at least 4 members (excludes halogenated alkanes) is 1. The summed E-state index contributed by atoms with van der Waals surface area (Å²) in [5.74, 6) is 0.193. The van der Waals surface area contributed by atoms with E-state index in [1.165, 1.54) is 0 Å². The van der Waals surface area contributed by atoms with Gasteiger partial charge in [0.2, 0.25) is 0 Å². The van der Waals surface area contributed by atoms with Crippen LogP contribution in [-0.4, -0.2) is 24.9 Å². The predicted molar refractivity (Wildman–Crippen MR) is 67.4 cm³/mol. The van der Waals surface area contributed by atoms with Crippen LogP contribution >= 0.6 is 0 Å². The molecule has 18 heavy (non-hydrogen) atoms. The first kappa shape index (κ1) is 17.7. The molecule has 2 nitrogen and oxygen atoms in total. The fourth-order valence-corrected chi connectivity index (χ4v) is 1.81. The molecule has 3 unspecified atom stereocenters. The van der Waals surface area contributed by atoms with Crippen LogP contribution in [0.15, 0.2) is 0 Å². The molecule has 3 atom stereocenters. The molecule has 0 rings (SSSR count). The highest BCUT2D eigenvalue weighted by molar-refractivity contribution is 4.79. The van der Waals surface area contributed by atoms with Gasteiger partial charge in [0, 0.05) is 6.04 Å². The van der Waals surface area contributed by atoms with Gasteiger partial charge in [0.05, 0.1) is 6.61 Å². The van der Waals surface area contributed by atoms with E-state index in [9.17, 15) is 13.2 Å². The number of ether oxygens (including phenoxy) is 1. The van der Waals surface area contributed by atoms with E-state index in [4.69, 9.17) is 10.5 Å². The van der Waals surface area contributed by atoms with Crippen molar-refractivity contribution in [3.63, 3.8) is 0 Å². The predicted octanol–water partition coefficient (Wildman–Crippen LogP) is 3.89. The van der Waals surface area contributed by atoms with E-state index >= 15 is 0 Å². The van der Waals surface area contributed by atoms with Crippen molar-refractivity contribution in [2.24, 2.45) is 11.7 Å². The highest BCUT2D eigenvalue weighted by Crippen LogP contribution is 2.27. The molecule has 0 spiro atoms. The van der Waals surface area contributed by atoms with Crippen LogP contribution in [0.25, 0.3) is 0 Å². The van der Waals surface area contributed by atoms with E-state index in [0.717, 1.165) is 25.7 Å². The molecule has 0 aliphatic rings. The molecule has 110 valence electrons. The topological polar surface area (TPSA) is 35.2 Å². The lowest BCUT2D eigenvalue weighted by atomic mass is 10.00. The molecular formula is C13H26F3NO. The minimum Gasteiger partial charge on any atom is -0.367 e. The number of nitrogens with two attached hydrogens (primary N) is 1. The summed E-state index contributed by atoms with van der Waals surface area (Å²) < 4.78 is 43.3. The van der Waals surface area contributed by atoms with Gasteiger partial charge in [-0.2, -0.15) is 13.2 Å². The zero-order valence-corrected chi connectivity index (χ0v) is 11.6. The number of rotatable bonds is 9. The Morgan fingerprint density at radius 2 is 1.72 bits per heavy atom. The molecule has 0 aromatic heterocycles. The molecule has 0 radical (unpaired) electrons. The van der Waals surface area contributed by atoms with Crippen molar-refractivity contribution in [3.05, 3.63) is 0 Å². The molecule has 0 aliphatic carbocycles. The minimum atomic E-state index is -4.38. The molecule has 2 N–H and O–H groups in total. The van der Waals surface area contributed by atoms with Gasteiger partial charge in [-0.3, -0.25) is 0 Å². The average Bonchev–Trinajstić information content (AvgIpc) is 2.31. The van der Waals surface area contributed by atoms with Gasteiger partial charge in [-0.25, -0.2) is 0 Å². The SMILES string of the molecule is CCCCC(CC)COC(C(N)CC)C(F)(F)F. The standard InChI is InChI=1S/C13H26F3NO/c1-4-7-8-10(5-2)9-18-12(11(17)6-3)13(14,15)16/h10-12H,4-9,17H2,1-3H3. The third kappa shape index (κ3) is 6.59. The van der Waals surface area contributed by atoms with Crippen LogP contribution in [0.4, 0.5) is 13.2 Å². The maximum Gasteiger partial charge on any atom is 0.416 e. The van der Waals surface area contributed by atoms with Crippen molar-refractivity contribution < 1.29 is 17.9 Å². The molecule has 5 heteroatoms. The van der Waals surface area contributed by atoms with Gasteiger partial charge in [-0.1, -0.05) is 40.0 Å².